The first-order chi connectivity index (χ1) is 5.33. The van der Waals surface area contributed by atoms with E-state index in [0.29, 0.717) is 6.42 Å². The normalized spacial score (nSPS) is 12.8. The van der Waals surface area contributed by atoms with Crippen molar-refractivity contribution >= 4 is 22.9 Å². The van der Waals surface area contributed by atoms with Gasteiger partial charge in [-0.1, -0.05) is 0 Å². The zero-order chi connectivity index (χ0) is 9.83. The van der Waals surface area contributed by atoms with E-state index in [1.807, 2.05) is 27.7 Å². The fraction of sp³-hybridized carbons (Fsp3) is 1.00. The van der Waals surface area contributed by atoms with Gasteiger partial charge < -0.3 is 4.84 Å². The zero-order valence-electron chi connectivity index (χ0n) is 7.85. The summed E-state index contributed by atoms with van der Waals surface area (Å²) in [7, 11) is 0. The molecule has 0 aromatic heterocycles. The molecule has 0 bridgehead atoms. The third-order valence-corrected chi connectivity index (χ3v) is 2.87. The number of nitrogens with one attached hydrogen (secondary N) is 1. The van der Waals surface area contributed by atoms with E-state index in [1.54, 1.807) is 0 Å². The molecular formula is C7H15IN2O2. The van der Waals surface area contributed by atoms with Crippen LogP contribution in [-0.2, 0) is 4.84 Å². The average Bonchev–Trinajstić information content (AvgIpc) is 1.85. The Hall–Kier alpha value is 0.0900. The second-order valence-electron chi connectivity index (χ2n) is 4.08. The fourth-order valence-electron chi connectivity index (χ4n) is 1.23. The molecule has 12 heavy (non-hydrogen) atoms. The number of hydrogen-bond donors (Lipinski definition) is 1. The topological polar surface area (TPSA) is 50.7 Å². The van der Waals surface area contributed by atoms with Gasteiger partial charge in [-0.2, -0.15) is 0 Å². The third kappa shape index (κ3) is 4.87. The molecule has 5 heteroatoms. The van der Waals surface area contributed by atoms with Crippen LogP contribution in [0.25, 0.3) is 0 Å². The SMILES string of the molecule is CC(C)(CC(C)(C)ON=O)NI. The molecule has 0 aliphatic carbocycles. The largest absolute Gasteiger partial charge is 0.358 e. The van der Waals surface area contributed by atoms with Crippen molar-refractivity contribution in [1.82, 2.24) is 3.53 Å². The minimum atomic E-state index is -0.510. The van der Waals surface area contributed by atoms with Crippen LogP contribution in [0.5, 0.6) is 0 Å². The van der Waals surface area contributed by atoms with Crippen molar-refractivity contribution in [3.8, 4) is 0 Å². The fourth-order valence-corrected chi connectivity index (χ4v) is 1.42. The molecule has 0 spiro atoms. The Morgan fingerprint density at radius 3 is 2.25 bits per heavy atom. The van der Waals surface area contributed by atoms with Gasteiger partial charge in [-0.05, 0) is 27.7 Å². The summed E-state index contributed by atoms with van der Waals surface area (Å²) in [6.45, 7) is 7.75. The molecule has 0 saturated heterocycles. The summed E-state index contributed by atoms with van der Waals surface area (Å²) < 4.78 is 3.10. The molecule has 0 heterocycles. The smallest absolute Gasteiger partial charge is 0.155 e. The Bertz CT molecular complexity index is 159. The molecule has 0 fully saturated rings. The lowest BCUT2D eigenvalue weighted by Gasteiger charge is -2.30. The average molecular weight is 286 g/mol. The van der Waals surface area contributed by atoms with Gasteiger partial charge in [0.1, 0.15) is 5.60 Å². The summed E-state index contributed by atoms with van der Waals surface area (Å²) in [4.78, 5) is 14.6. The molecule has 0 amide bonds. The first-order valence-electron chi connectivity index (χ1n) is 3.72. The van der Waals surface area contributed by atoms with Gasteiger partial charge in [0.05, 0.1) is 0 Å². The minimum absolute atomic E-state index is 0.0608. The maximum absolute atomic E-state index is 9.90. The summed E-state index contributed by atoms with van der Waals surface area (Å²) in [5.41, 5.74) is -0.571. The molecule has 0 saturated carbocycles. The molecule has 0 atom stereocenters. The monoisotopic (exact) mass is 286 g/mol. The highest BCUT2D eigenvalue weighted by Gasteiger charge is 2.30. The first-order valence-corrected chi connectivity index (χ1v) is 4.79. The Kier molecular flexibility index (Phi) is 4.39. The van der Waals surface area contributed by atoms with Gasteiger partial charge in [0.15, 0.2) is 5.34 Å². The highest BCUT2D eigenvalue weighted by Crippen LogP contribution is 2.24. The lowest BCUT2D eigenvalue weighted by Crippen LogP contribution is -2.40. The highest BCUT2D eigenvalue weighted by molar-refractivity contribution is 14.1. The Balaban J connectivity index is 4.12. The van der Waals surface area contributed by atoms with Crippen LogP contribution in [0.3, 0.4) is 0 Å². The van der Waals surface area contributed by atoms with E-state index >= 15 is 0 Å². The molecule has 1 N–H and O–H groups in total. The summed E-state index contributed by atoms with van der Waals surface area (Å²) >= 11 is 2.08. The van der Waals surface area contributed by atoms with Crippen LogP contribution in [0.4, 0.5) is 0 Å². The van der Waals surface area contributed by atoms with Crippen molar-refractivity contribution in [2.24, 2.45) is 5.34 Å². The molecule has 4 nitrogen and oxygen atoms in total. The van der Waals surface area contributed by atoms with Crippen LogP contribution in [-0.4, -0.2) is 11.1 Å². The Labute approximate surface area is 86.9 Å². The number of rotatable bonds is 5. The third-order valence-electron chi connectivity index (χ3n) is 1.41. The maximum Gasteiger partial charge on any atom is 0.155 e. The van der Waals surface area contributed by atoms with Crippen LogP contribution in [0, 0.1) is 4.91 Å². The van der Waals surface area contributed by atoms with Crippen molar-refractivity contribution in [3.05, 3.63) is 4.91 Å². The maximum atomic E-state index is 9.90. The van der Waals surface area contributed by atoms with Gasteiger partial charge in [-0.15, -0.1) is 4.91 Å². The van der Waals surface area contributed by atoms with E-state index in [0.717, 1.165) is 0 Å². The van der Waals surface area contributed by atoms with E-state index in [2.05, 4.69) is 31.7 Å². The van der Waals surface area contributed by atoms with Gasteiger partial charge in [0.25, 0.3) is 0 Å². The van der Waals surface area contributed by atoms with Crippen molar-refractivity contribution in [3.63, 3.8) is 0 Å². The van der Waals surface area contributed by atoms with E-state index in [4.69, 9.17) is 4.84 Å². The standard InChI is InChI=1S/C7H15IN2O2/c1-6(2,9-8)5-7(3,4)12-10-11/h9H,5H2,1-4H3. The predicted molar refractivity (Wildman–Crippen MR) is 56.8 cm³/mol. The number of nitrogens with zero attached hydrogens (tertiary/aromatic N) is 1. The Morgan fingerprint density at radius 2 is 1.92 bits per heavy atom. The van der Waals surface area contributed by atoms with Crippen LogP contribution < -0.4 is 3.53 Å². The quantitative estimate of drug-likeness (QED) is 0.366. The van der Waals surface area contributed by atoms with Crippen molar-refractivity contribution in [2.75, 3.05) is 0 Å². The van der Waals surface area contributed by atoms with Crippen LogP contribution in [0.15, 0.2) is 5.34 Å². The highest BCUT2D eigenvalue weighted by atomic mass is 127. The van der Waals surface area contributed by atoms with Crippen LogP contribution in [0.1, 0.15) is 34.1 Å². The zero-order valence-corrected chi connectivity index (χ0v) is 10.0. The molecule has 0 rings (SSSR count). The van der Waals surface area contributed by atoms with Crippen LogP contribution >= 0.6 is 22.9 Å². The molecule has 0 radical (unpaired) electrons. The van der Waals surface area contributed by atoms with Gasteiger partial charge in [0, 0.05) is 34.8 Å². The first kappa shape index (κ1) is 12.1. The summed E-state index contributed by atoms with van der Waals surface area (Å²) in [5, 5.41) is 2.45. The summed E-state index contributed by atoms with van der Waals surface area (Å²) in [6, 6.07) is 0. The van der Waals surface area contributed by atoms with E-state index < -0.39 is 5.60 Å². The molecule has 0 aromatic carbocycles. The van der Waals surface area contributed by atoms with Gasteiger partial charge in [-0.25, -0.2) is 0 Å². The van der Waals surface area contributed by atoms with Crippen molar-refractivity contribution < 1.29 is 4.84 Å². The van der Waals surface area contributed by atoms with Gasteiger partial charge in [-0.3, -0.25) is 3.53 Å². The molecule has 0 unspecified atom stereocenters. The molecule has 72 valence electrons. The molecule has 0 aliphatic heterocycles. The lowest BCUT2D eigenvalue weighted by molar-refractivity contribution is -0.0356. The van der Waals surface area contributed by atoms with Crippen LogP contribution in [0.2, 0.25) is 0 Å². The summed E-state index contributed by atoms with van der Waals surface area (Å²) in [5.74, 6) is 0. The number of halogens is 1. The second-order valence-corrected chi connectivity index (χ2v) is 4.62. The van der Waals surface area contributed by atoms with Gasteiger partial charge >= 0.3 is 0 Å². The molecule has 0 aromatic rings. The van der Waals surface area contributed by atoms with E-state index in [1.165, 1.54) is 0 Å². The lowest BCUT2D eigenvalue weighted by atomic mass is 9.91. The van der Waals surface area contributed by atoms with E-state index in [9.17, 15) is 4.91 Å². The van der Waals surface area contributed by atoms with Gasteiger partial charge in [0.2, 0.25) is 0 Å². The number of hydrogen-bond acceptors (Lipinski definition) is 4. The minimum Gasteiger partial charge on any atom is -0.358 e. The summed E-state index contributed by atoms with van der Waals surface area (Å²) in [6.07, 6.45) is 0.717. The van der Waals surface area contributed by atoms with E-state index in [-0.39, 0.29) is 5.54 Å². The second kappa shape index (κ2) is 4.36. The molecular weight excluding hydrogens is 271 g/mol. The van der Waals surface area contributed by atoms with Crippen molar-refractivity contribution in [2.45, 2.75) is 45.3 Å². The van der Waals surface area contributed by atoms with Crippen molar-refractivity contribution in [1.29, 1.82) is 0 Å². The predicted octanol–water partition coefficient (Wildman–Crippen LogP) is 2.57. The Morgan fingerprint density at radius 1 is 1.42 bits per heavy atom. The molecule has 0 aliphatic rings.